The number of esters is 1. The van der Waals surface area contributed by atoms with Crippen LogP contribution in [0.15, 0.2) is 15.8 Å². The number of aromatic amines is 1. The molecule has 1 aliphatic heterocycles. The molecule has 1 fully saturated rings. The number of H-pyrrole nitrogens is 1. The van der Waals surface area contributed by atoms with E-state index in [2.05, 4.69) is 27.6 Å². The molecule has 0 bridgehead atoms. The van der Waals surface area contributed by atoms with Crippen molar-refractivity contribution in [3.63, 3.8) is 0 Å². The van der Waals surface area contributed by atoms with E-state index in [1.165, 1.54) is 10.8 Å². The first-order valence-corrected chi connectivity index (χ1v) is 8.63. The molecule has 0 radical (unpaired) electrons. The molecule has 0 saturated carbocycles. The highest BCUT2D eigenvalue weighted by Crippen LogP contribution is 2.34. The van der Waals surface area contributed by atoms with Crippen LogP contribution < -0.4 is 11.2 Å². The maximum absolute atomic E-state index is 12.0. The number of alkyl halides is 1. The van der Waals surface area contributed by atoms with Crippen LogP contribution in [0, 0.1) is 12.3 Å². The Morgan fingerprint density at radius 3 is 2.74 bits per heavy atom. The third-order valence-corrected chi connectivity index (χ3v) is 4.69. The number of aryl methyl sites for hydroxylation is 1. The summed E-state index contributed by atoms with van der Waals surface area (Å²) in [7, 11) is 0. The highest BCUT2D eigenvalue weighted by Gasteiger charge is 2.36. The number of nitrogens with zero attached hydrogens (tertiary/aromatic N) is 1. The van der Waals surface area contributed by atoms with E-state index < -0.39 is 22.9 Å². The van der Waals surface area contributed by atoms with Crippen LogP contribution in [0.2, 0.25) is 0 Å². The third kappa shape index (κ3) is 4.23. The molecule has 0 unspecified atom stereocenters. The van der Waals surface area contributed by atoms with E-state index in [-0.39, 0.29) is 22.6 Å². The number of aromatic nitrogens is 2. The Balaban J connectivity index is 2.08. The highest BCUT2D eigenvalue weighted by molar-refractivity contribution is 14.1. The van der Waals surface area contributed by atoms with Crippen LogP contribution in [0.4, 0.5) is 0 Å². The Bertz CT molecular complexity index is 703. The summed E-state index contributed by atoms with van der Waals surface area (Å²) in [5, 5.41) is 0. The van der Waals surface area contributed by atoms with E-state index in [0.717, 1.165) is 0 Å². The predicted molar refractivity (Wildman–Crippen MR) is 92.8 cm³/mol. The molecule has 23 heavy (non-hydrogen) atoms. The highest BCUT2D eigenvalue weighted by atomic mass is 127. The molecular weight excluding hydrogens is 415 g/mol. The Hall–Kier alpha value is -1.16. The Labute approximate surface area is 147 Å². The number of ether oxygens (including phenoxy) is 2. The van der Waals surface area contributed by atoms with Crippen LogP contribution in [-0.4, -0.2) is 32.2 Å². The zero-order valence-electron chi connectivity index (χ0n) is 13.6. The number of carbonyl (C=O) groups excluding carboxylic acids is 1. The molecule has 7 nitrogen and oxygen atoms in total. The summed E-state index contributed by atoms with van der Waals surface area (Å²) in [6.45, 7) is 7.16. The van der Waals surface area contributed by atoms with E-state index in [0.29, 0.717) is 12.0 Å². The van der Waals surface area contributed by atoms with Gasteiger partial charge >= 0.3 is 11.7 Å². The summed E-state index contributed by atoms with van der Waals surface area (Å²) in [5.41, 5.74) is -1.02. The number of nitrogens with one attached hydrogen (secondary N) is 1. The molecule has 3 atom stereocenters. The van der Waals surface area contributed by atoms with Gasteiger partial charge in [-0.15, -0.1) is 0 Å². The lowest BCUT2D eigenvalue weighted by Gasteiger charge is -2.20. The number of rotatable bonds is 3. The lowest BCUT2D eigenvalue weighted by Crippen LogP contribution is -2.35. The number of carbonyl (C=O) groups is 1. The van der Waals surface area contributed by atoms with Crippen LogP contribution in [-0.2, 0) is 14.3 Å². The van der Waals surface area contributed by atoms with E-state index in [1.54, 1.807) is 27.7 Å². The van der Waals surface area contributed by atoms with Crippen molar-refractivity contribution in [3.05, 3.63) is 32.6 Å². The van der Waals surface area contributed by atoms with Gasteiger partial charge in [0, 0.05) is 11.8 Å². The van der Waals surface area contributed by atoms with Gasteiger partial charge in [0.1, 0.15) is 6.61 Å². The lowest BCUT2D eigenvalue weighted by atomic mass is 9.97. The van der Waals surface area contributed by atoms with Gasteiger partial charge in [-0.1, -0.05) is 22.6 Å². The second kappa shape index (κ2) is 6.76. The van der Waals surface area contributed by atoms with Crippen LogP contribution in [0.5, 0.6) is 0 Å². The molecule has 8 heteroatoms. The summed E-state index contributed by atoms with van der Waals surface area (Å²) in [5.74, 6) is -0.286. The van der Waals surface area contributed by atoms with Crippen molar-refractivity contribution < 1.29 is 14.3 Å². The average molecular weight is 436 g/mol. The van der Waals surface area contributed by atoms with Crippen LogP contribution in [0.3, 0.4) is 0 Å². The second-order valence-electron chi connectivity index (χ2n) is 6.73. The van der Waals surface area contributed by atoms with Crippen LogP contribution in [0.25, 0.3) is 0 Å². The van der Waals surface area contributed by atoms with Gasteiger partial charge in [-0.25, -0.2) is 4.79 Å². The van der Waals surface area contributed by atoms with Gasteiger partial charge < -0.3 is 9.47 Å². The minimum absolute atomic E-state index is 0.0361. The first-order chi connectivity index (χ1) is 10.6. The van der Waals surface area contributed by atoms with E-state index in [9.17, 15) is 14.4 Å². The monoisotopic (exact) mass is 436 g/mol. The molecule has 2 rings (SSSR count). The van der Waals surface area contributed by atoms with Gasteiger partial charge in [-0.05, 0) is 34.1 Å². The molecule has 1 aromatic heterocycles. The van der Waals surface area contributed by atoms with Crippen molar-refractivity contribution in [1.29, 1.82) is 0 Å². The van der Waals surface area contributed by atoms with Gasteiger partial charge in [0.25, 0.3) is 5.56 Å². The zero-order valence-corrected chi connectivity index (χ0v) is 15.7. The fourth-order valence-electron chi connectivity index (χ4n) is 2.21. The van der Waals surface area contributed by atoms with E-state index in [1.807, 2.05) is 0 Å². The molecule has 0 aliphatic carbocycles. The Morgan fingerprint density at radius 1 is 1.48 bits per heavy atom. The first kappa shape index (κ1) is 18.2. The lowest BCUT2D eigenvalue weighted by molar-refractivity contribution is -0.157. The third-order valence-electron chi connectivity index (χ3n) is 3.56. The van der Waals surface area contributed by atoms with Crippen LogP contribution in [0.1, 0.15) is 39.0 Å². The maximum Gasteiger partial charge on any atom is 0.330 e. The topological polar surface area (TPSA) is 90.4 Å². The van der Waals surface area contributed by atoms with Crippen molar-refractivity contribution in [2.45, 2.75) is 50.4 Å². The standard InChI is InChI=1S/C15H21IN2O5/c1-8-6-18(14(21)17-11(8)19)12-10(16)5-9(23-12)7-22-13(20)15(2,3)4/h6,9-10,12H,5,7H2,1-4H3,(H,17,19,21)/t9-,10+,12+/m0/s1. The zero-order chi connectivity index (χ0) is 17.4. The van der Waals surface area contributed by atoms with Gasteiger partial charge in [0.2, 0.25) is 0 Å². The quantitative estimate of drug-likeness (QED) is 0.441. The van der Waals surface area contributed by atoms with Crippen molar-refractivity contribution in [1.82, 2.24) is 9.55 Å². The molecule has 0 spiro atoms. The molecule has 2 heterocycles. The molecule has 1 N–H and O–H groups in total. The largest absolute Gasteiger partial charge is 0.463 e. The van der Waals surface area contributed by atoms with Gasteiger partial charge in [-0.2, -0.15) is 0 Å². The van der Waals surface area contributed by atoms with Crippen LogP contribution >= 0.6 is 22.6 Å². The van der Waals surface area contributed by atoms with Gasteiger partial charge in [-0.3, -0.25) is 19.1 Å². The normalized spacial score (nSPS) is 24.7. The summed E-state index contributed by atoms with van der Waals surface area (Å²) in [6, 6.07) is 0. The van der Waals surface area contributed by atoms with Gasteiger partial charge in [0.15, 0.2) is 6.23 Å². The average Bonchev–Trinajstić information content (AvgIpc) is 2.80. The molecule has 1 aromatic rings. The Morgan fingerprint density at radius 2 is 2.13 bits per heavy atom. The van der Waals surface area contributed by atoms with E-state index in [4.69, 9.17) is 9.47 Å². The van der Waals surface area contributed by atoms with Crippen molar-refractivity contribution in [2.75, 3.05) is 6.61 Å². The summed E-state index contributed by atoms with van der Waals surface area (Å²) < 4.78 is 12.6. The van der Waals surface area contributed by atoms with Crippen molar-refractivity contribution in [2.24, 2.45) is 5.41 Å². The minimum Gasteiger partial charge on any atom is -0.463 e. The smallest absolute Gasteiger partial charge is 0.330 e. The SMILES string of the molecule is Cc1cn([C@@H]2O[C@H](COC(=O)C(C)(C)C)C[C@H]2I)c(=O)[nH]c1=O. The molecular formula is C15H21IN2O5. The first-order valence-electron chi connectivity index (χ1n) is 7.38. The number of hydrogen-bond acceptors (Lipinski definition) is 5. The van der Waals surface area contributed by atoms with Gasteiger partial charge in [0.05, 0.1) is 15.4 Å². The van der Waals surface area contributed by atoms with E-state index >= 15 is 0 Å². The maximum atomic E-state index is 12.0. The molecule has 0 amide bonds. The fourth-order valence-corrected chi connectivity index (χ4v) is 3.30. The summed E-state index contributed by atoms with van der Waals surface area (Å²) in [6.07, 6.45) is 1.40. The molecule has 1 saturated heterocycles. The molecule has 1 aliphatic rings. The predicted octanol–water partition coefficient (Wildman–Crippen LogP) is 1.53. The number of halogens is 1. The fraction of sp³-hybridized carbons (Fsp3) is 0.667. The Kier molecular flexibility index (Phi) is 5.34. The minimum atomic E-state index is -0.561. The summed E-state index contributed by atoms with van der Waals surface area (Å²) in [4.78, 5) is 37.5. The molecule has 0 aromatic carbocycles. The van der Waals surface area contributed by atoms with Crippen molar-refractivity contribution >= 4 is 28.6 Å². The van der Waals surface area contributed by atoms with Crippen molar-refractivity contribution in [3.8, 4) is 0 Å². The second-order valence-corrected chi connectivity index (χ2v) is 8.33. The summed E-state index contributed by atoms with van der Waals surface area (Å²) >= 11 is 2.21. The molecule has 128 valence electrons. The number of hydrogen-bond donors (Lipinski definition) is 1.